The minimum atomic E-state index is 0.746. The summed E-state index contributed by atoms with van der Waals surface area (Å²) in [6.45, 7) is 4.92. The van der Waals surface area contributed by atoms with Crippen molar-refractivity contribution in [1.82, 2.24) is 4.57 Å². The van der Waals surface area contributed by atoms with Gasteiger partial charge in [0, 0.05) is 12.2 Å². The molecule has 2 heteroatoms. The van der Waals surface area contributed by atoms with E-state index < -0.39 is 0 Å². The van der Waals surface area contributed by atoms with E-state index in [0.717, 1.165) is 29.9 Å². The van der Waals surface area contributed by atoms with Crippen molar-refractivity contribution in [2.24, 2.45) is 0 Å². The Bertz CT molecular complexity index is 829. The van der Waals surface area contributed by atoms with E-state index in [2.05, 4.69) is 73.0 Å². The number of nitrogens with zero attached hydrogens (tertiary/aromatic N) is 2. The van der Waals surface area contributed by atoms with Crippen LogP contribution in [0.2, 0.25) is 0 Å². The Morgan fingerprint density at radius 3 is 2.57 bits per heavy atom. The van der Waals surface area contributed by atoms with Crippen molar-refractivity contribution >= 4 is 10.8 Å². The normalized spacial score (nSPS) is 10.7. The Labute approximate surface area is 125 Å². The molecule has 2 nitrogen and oxygen atoms in total. The lowest BCUT2D eigenvalue weighted by atomic mass is 10.0. The second-order valence-corrected chi connectivity index (χ2v) is 5.35. The number of nitriles is 1. The first-order valence-electron chi connectivity index (χ1n) is 7.30. The molecule has 0 amide bonds. The lowest BCUT2D eigenvalue weighted by molar-refractivity contribution is 0.766. The fourth-order valence-corrected chi connectivity index (χ4v) is 2.95. The Balaban J connectivity index is 2.12. The molecule has 1 heterocycles. The van der Waals surface area contributed by atoms with Gasteiger partial charge in [0.05, 0.1) is 0 Å². The lowest BCUT2D eigenvalue weighted by Crippen LogP contribution is -2.05. The number of hydrogen-bond donors (Lipinski definition) is 0. The molecule has 0 unspecified atom stereocenters. The van der Waals surface area contributed by atoms with Crippen LogP contribution in [0.25, 0.3) is 10.8 Å². The highest BCUT2D eigenvalue weighted by atomic mass is 15.0. The van der Waals surface area contributed by atoms with Gasteiger partial charge in [-0.05, 0) is 41.3 Å². The predicted octanol–water partition coefficient (Wildman–Crippen LogP) is 4.43. The van der Waals surface area contributed by atoms with E-state index in [-0.39, 0.29) is 0 Å². The molecule has 2 aromatic carbocycles. The maximum atomic E-state index is 9.46. The van der Waals surface area contributed by atoms with Crippen LogP contribution in [0, 0.1) is 18.3 Å². The maximum Gasteiger partial charge on any atom is 0.123 e. The fourth-order valence-electron chi connectivity index (χ4n) is 2.95. The molecule has 0 aliphatic rings. The number of hydrogen-bond acceptors (Lipinski definition) is 1. The molecule has 0 N–H and O–H groups in total. The van der Waals surface area contributed by atoms with Crippen LogP contribution < -0.4 is 0 Å². The van der Waals surface area contributed by atoms with Crippen LogP contribution in [0.3, 0.4) is 0 Å². The molecule has 0 aliphatic heterocycles. The Kier molecular flexibility index (Phi) is 3.50. The zero-order valence-corrected chi connectivity index (χ0v) is 12.4. The molecule has 0 bridgehead atoms. The summed E-state index contributed by atoms with van der Waals surface area (Å²) in [5, 5.41) is 12.0. The average molecular weight is 274 g/mol. The molecule has 104 valence electrons. The lowest BCUT2D eigenvalue weighted by Gasteiger charge is -2.11. The zero-order chi connectivity index (χ0) is 14.8. The molecule has 0 saturated heterocycles. The van der Waals surface area contributed by atoms with Crippen LogP contribution in [-0.2, 0) is 13.0 Å². The minimum Gasteiger partial charge on any atom is -0.332 e. The Morgan fingerprint density at radius 1 is 1.05 bits per heavy atom. The van der Waals surface area contributed by atoms with Crippen LogP contribution in [0.5, 0.6) is 0 Å². The van der Waals surface area contributed by atoms with E-state index in [9.17, 15) is 5.26 Å². The fraction of sp³-hybridized carbons (Fsp3) is 0.211. The third-order valence-electron chi connectivity index (χ3n) is 4.08. The molecule has 3 rings (SSSR count). The zero-order valence-electron chi connectivity index (χ0n) is 12.4. The smallest absolute Gasteiger partial charge is 0.123 e. The van der Waals surface area contributed by atoms with Gasteiger partial charge in [0.2, 0.25) is 0 Å². The third-order valence-corrected chi connectivity index (χ3v) is 4.08. The number of aryl methyl sites for hydroxylation is 2. The van der Waals surface area contributed by atoms with Crippen LogP contribution >= 0.6 is 0 Å². The van der Waals surface area contributed by atoms with Gasteiger partial charge in [-0.3, -0.25) is 0 Å². The van der Waals surface area contributed by atoms with Crippen molar-refractivity contribution in [2.45, 2.75) is 26.8 Å². The molecule has 0 spiro atoms. The maximum absolute atomic E-state index is 9.46. The van der Waals surface area contributed by atoms with Gasteiger partial charge in [-0.2, -0.15) is 5.26 Å². The van der Waals surface area contributed by atoms with Crippen molar-refractivity contribution in [2.75, 3.05) is 0 Å². The first-order chi connectivity index (χ1) is 10.2. The molecule has 0 atom stereocenters. The van der Waals surface area contributed by atoms with E-state index in [1.54, 1.807) is 0 Å². The van der Waals surface area contributed by atoms with Crippen LogP contribution in [-0.4, -0.2) is 4.57 Å². The number of aromatic nitrogens is 1. The monoisotopic (exact) mass is 274 g/mol. The molecule has 0 fully saturated rings. The quantitative estimate of drug-likeness (QED) is 0.694. The van der Waals surface area contributed by atoms with Gasteiger partial charge in [-0.1, -0.05) is 49.4 Å². The van der Waals surface area contributed by atoms with Crippen LogP contribution in [0.1, 0.15) is 29.4 Å². The van der Waals surface area contributed by atoms with Gasteiger partial charge in [-0.25, -0.2) is 0 Å². The summed E-state index contributed by atoms with van der Waals surface area (Å²) in [6.07, 6.45) is 0.895. The third kappa shape index (κ3) is 2.32. The number of benzene rings is 2. The van der Waals surface area contributed by atoms with Gasteiger partial charge in [0.15, 0.2) is 0 Å². The first kappa shape index (κ1) is 13.5. The van der Waals surface area contributed by atoms with Crippen molar-refractivity contribution < 1.29 is 0 Å². The van der Waals surface area contributed by atoms with E-state index in [4.69, 9.17) is 0 Å². The van der Waals surface area contributed by atoms with Gasteiger partial charge in [0.1, 0.15) is 11.8 Å². The summed E-state index contributed by atoms with van der Waals surface area (Å²) in [4.78, 5) is 0. The first-order valence-corrected chi connectivity index (χ1v) is 7.30. The van der Waals surface area contributed by atoms with E-state index in [1.807, 2.05) is 0 Å². The average Bonchev–Trinajstić information content (AvgIpc) is 2.83. The van der Waals surface area contributed by atoms with Gasteiger partial charge in [0.25, 0.3) is 0 Å². The topological polar surface area (TPSA) is 28.7 Å². The number of rotatable bonds is 3. The summed E-state index contributed by atoms with van der Waals surface area (Å²) < 4.78 is 2.13. The highest BCUT2D eigenvalue weighted by Crippen LogP contribution is 2.23. The summed E-state index contributed by atoms with van der Waals surface area (Å²) >= 11 is 0. The summed E-state index contributed by atoms with van der Waals surface area (Å²) in [6, 6.07) is 19.3. The molecule has 0 saturated carbocycles. The molecule has 1 aromatic heterocycles. The molecular weight excluding hydrogens is 256 g/mol. The van der Waals surface area contributed by atoms with E-state index >= 15 is 0 Å². The number of fused-ring (bicyclic) bond motifs is 1. The van der Waals surface area contributed by atoms with Crippen molar-refractivity contribution in [3.63, 3.8) is 0 Å². The van der Waals surface area contributed by atoms with Crippen molar-refractivity contribution in [3.8, 4) is 6.07 Å². The molecule has 3 aromatic rings. The van der Waals surface area contributed by atoms with Gasteiger partial charge >= 0.3 is 0 Å². The van der Waals surface area contributed by atoms with Crippen molar-refractivity contribution in [1.29, 1.82) is 5.26 Å². The second-order valence-electron chi connectivity index (χ2n) is 5.35. The van der Waals surface area contributed by atoms with Crippen LogP contribution in [0.4, 0.5) is 0 Å². The highest BCUT2D eigenvalue weighted by molar-refractivity contribution is 5.85. The Hall–Kier alpha value is -2.53. The van der Waals surface area contributed by atoms with Crippen LogP contribution in [0.15, 0.2) is 48.5 Å². The standard InChI is InChI=1S/C19H18N2/c1-3-15-11-14(2)21(19(15)12-20)13-17-9-6-8-16-7-4-5-10-18(16)17/h4-11H,3,13H2,1-2H3. The van der Waals surface area contributed by atoms with Gasteiger partial charge < -0.3 is 4.57 Å². The molecule has 0 aliphatic carbocycles. The predicted molar refractivity (Wildman–Crippen MR) is 86.3 cm³/mol. The largest absolute Gasteiger partial charge is 0.332 e. The molecule has 0 radical (unpaired) electrons. The van der Waals surface area contributed by atoms with Gasteiger partial charge in [-0.15, -0.1) is 0 Å². The molecule has 21 heavy (non-hydrogen) atoms. The second kappa shape index (κ2) is 5.46. The minimum absolute atomic E-state index is 0.746. The summed E-state index contributed by atoms with van der Waals surface area (Å²) in [5.41, 5.74) is 4.33. The Morgan fingerprint density at radius 2 is 1.81 bits per heavy atom. The van der Waals surface area contributed by atoms with Crippen molar-refractivity contribution in [3.05, 3.63) is 71.0 Å². The van der Waals surface area contributed by atoms with E-state index in [1.165, 1.54) is 16.3 Å². The highest BCUT2D eigenvalue weighted by Gasteiger charge is 2.12. The summed E-state index contributed by atoms with van der Waals surface area (Å²) in [5.74, 6) is 0. The SMILES string of the molecule is CCc1cc(C)n(Cc2cccc3ccccc23)c1C#N. The van der Waals surface area contributed by atoms with E-state index in [0.29, 0.717) is 0 Å². The summed E-state index contributed by atoms with van der Waals surface area (Å²) in [7, 11) is 0. The molecular formula is C19H18N2.